The van der Waals surface area contributed by atoms with E-state index in [4.69, 9.17) is 22.1 Å². The van der Waals surface area contributed by atoms with Gasteiger partial charge in [-0.2, -0.15) is 0 Å². The van der Waals surface area contributed by atoms with E-state index in [0.29, 0.717) is 11.2 Å². The number of pyridine rings is 1. The van der Waals surface area contributed by atoms with E-state index >= 15 is 0 Å². The monoisotopic (exact) mass is 226 g/mol. The molecule has 82 valence electrons. The highest BCUT2D eigenvalue weighted by molar-refractivity contribution is 6.29. The summed E-state index contributed by atoms with van der Waals surface area (Å²) in [5.41, 5.74) is 5.82. The maximum Gasteiger partial charge on any atom is 0.138 e. The summed E-state index contributed by atoms with van der Waals surface area (Å²) in [6, 6.07) is 3.95. The van der Waals surface area contributed by atoms with Gasteiger partial charge in [0, 0.05) is 6.04 Å². The highest BCUT2D eigenvalue weighted by Gasteiger charge is 2.19. The number of halogens is 1. The number of rotatable bonds is 2. The molecule has 1 aliphatic rings. The average Bonchev–Trinajstić information content (AvgIpc) is 2.25. The fourth-order valence-corrected chi connectivity index (χ4v) is 1.94. The van der Waals surface area contributed by atoms with Crippen molar-refractivity contribution < 1.29 is 4.74 Å². The number of nitrogens with zero attached hydrogens (tertiary/aromatic N) is 1. The third-order valence-electron chi connectivity index (χ3n) is 2.72. The smallest absolute Gasteiger partial charge is 0.138 e. The summed E-state index contributed by atoms with van der Waals surface area (Å²) in [6.45, 7) is 0. The van der Waals surface area contributed by atoms with Crippen molar-refractivity contribution >= 4 is 11.6 Å². The van der Waals surface area contributed by atoms with Gasteiger partial charge in [-0.1, -0.05) is 11.6 Å². The molecule has 0 spiro atoms. The third kappa shape index (κ3) is 3.08. The van der Waals surface area contributed by atoms with E-state index in [2.05, 4.69) is 4.98 Å². The molecule has 1 aliphatic carbocycles. The van der Waals surface area contributed by atoms with E-state index in [1.165, 1.54) is 0 Å². The second kappa shape index (κ2) is 4.81. The van der Waals surface area contributed by atoms with Gasteiger partial charge < -0.3 is 10.5 Å². The summed E-state index contributed by atoms with van der Waals surface area (Å²) in [4.78, 5) is 3.98. The molecule has 3 nitrogen and oxygen atoms in total. The van der Waals surface area contributed by atoms with Gasteiger partial charge >= 0.3 is 0 Å². The molecule has 0 aliphatic heterocycles. The molecule has 0 atom stereocenters. The maximum atomic E-state index is 5.82. The number of hydrogen-bond acceptors (Lipinski definition) is 3. The Morgan fingerprint density at radius 1 is 1.27 bits per heavy atom. The van der Waals surface area contributed by atoms with Crippen molar-refractivity contribution in [3.8, 4) is 5.75 Å². The van der Waals surface area contributed by atoms with Crippen molar-refractivity contribution in [3.05, 3.63) is 23.5 Å². The topological polar surface area (TPSA) is 48.1 Å². The summed E-state index contributed by atoms with van der Waals surface area (Å²) in [6.07, 6.45) is 6.11. The third-order valence-corrected chi connectivity index (χ3v) is 2.95. The molecule has 2 N–H and O–H groups in total. The Morgan fingerprint density at radius 3 is 2.60 bits per heavy atom. The van der Waals surface area contributed by atoms with Gasteiger partial charge in [0.2, 0.25) is 0 Å². The number of ether oxygens (including phenoxy) is 1. The Labute approximate surface area is 94.6 Å². The quantitative estimate of drug-likeness (QED) is 0.788. The fourth-order valence-electron chi connectivity index (χ4n) is 1.83. The van der Waals surface area contributed by atoms with E-state index in [-0.39, 0.29) is 6.10 Å². The molecule has 1 aromatic heterocycles. The van der Waals surface area contributed by atoms with Gasteiger partial charge in [-0.05, 0) is 37.8 Å². The molecule has 1 saturated carbocycles. The first-order valence-electron chi connectivity index (χ1n) is 5.28. The average molecular weight is 227 g/mol. The van der Waals surface area contributed by atoms with Gasteiger partial charge in [0.15, 0.2) is 0 Å². The highest BCUT2D eigenvalue weighted by atomic mass is 35.5. The predicted octanol–water partition coefficient (Wildman–Crippen LogP) is 2.38. The van der Waals surface area contributed by atoms with Crippen LogP contribution in [0.1, 0.15) is 25.7 Å². The second-order valence-corrected chi connectivity index (χ2v) is 4.36. The minimum atomic E-state index is 0.285. The Hall–Kier alpha value is -0.800. The lowest BCUT2D eigenvalue weighted by atomic mass is 9.94. The van der Waals surface area contributed by atoms with Crippen LogP contribution in [0.2, 0.25) is 5.15 Å². The first kappa shape index (κ1) is 10.7. The van der Waals surface area contributed by atoms with Gasteiger partial charge in [-0.15, -0.1) is 0 Å². The van der Waals surface area contributed by atoms with Crippen molar-refractivity contribution in [2.24, 2.45) is 5.73 Å². The molecule has 15 heavy (non-hydrogen) atoms. The van der Waals surface area contributed by atoms with E-state index in [1.54, 1.807) is 12.3 Å². The van der Waals surface area contributed by atoms with Crippen LogP contribution in [0, 0.1) is 0 Å². The van der Waals surface area contributed by atoms with Crippen molar-refractivity contribution in [3.63, 3.8) is 0 Å². The van der Waals surface area contributed by atoms with Crippen LogP contribution in [0.5, 0.6) is 5.75 Å². The molecule has 0 bridgehead atoms. The summed E-state index contributed by atoms with van der Waals surface area (Å²) < 4.78 is 5.78. The van der Waals surface area contributed by atoms with Crippen LogP contribution < -0.4 is 10.5 Å². The van der Waals surface area contributed by atoms with Crippen LogP contribution in [0.3, 0.4) is 0 Å². The van der Waals surface area contributed by atoms with Crippen LogP contribution in [-0.2, 0) is 0 Å². The van der Waals surface area contributed by atoms with Crippen molar-refractivity contribution in [1.29, 1.82) is 0 Å². The number of aromatic nitrogens is 1. The fraction of sp³-hybridized carbons (Fsp3) is 0.545. The van der Waals surface area contributed by atoms with Crippen molar-refractivity contribution in [1.82, 2.24) is 4.98 Å². The Balaban J connectivity index is 1.89. The molecule has 4 heteroatoms. The SMILES string of the molecule is NC1CCC(Oc2ccc(Cl)nc2)CC1. The zero-order chi connectivity index (χ0) is 10.7. The molecule has 0 saturated heterocycles. The Morgan fingerprint density at radius 2 is 2.00 bits per heavy atom. The summed E-state index contributed by atoms with van der Waals surface area (Å²) in [5, 5.41) is 0.494. The van der Waals surface area contributed by atoms with Crippen LogP contribution in [0.15, 0.2) is 18.3 Å². The van der Waals surface area contributed by atoms with E-state index in [0.717, 1.165) is 31.4 Å². The normalized spacial score (nSPS) is 26.3. The summed E-state index contributed by atoms with van der Waals surface area (Å²) in [5.74, 6) is 0.792. The van der Waals surface area contributed by atoms with E-state index in [9.17, 15) is 0 Å². The van der Waals surface area contributed by atoms with Gasteiger partial charge in [0.05, 0.1) is 12.3 Å². The largest absolute Gasteiger partial charge is 0.489 e. The maximum absolute atomic E-state index is 5.82. The van der Waals surface area contributed by atoms with E-state index < -0.39 is 0 Å². The molecule has 2 rings (SSSR count). The molecule has 1 aromatic rings. The van der Waals surface area contributed by atoms with Gasteiger partial charge in [0.1, 0.15) is 10.9 Å². The van der Waals surface area contributed by atoms with Crippen molar-refractivity contribution in [2.75, 3.05) is 0 Å². The van der Waals surface area contributed by atoms with Gasteiger partial charge in [-0.25, -0.2) is 4.98 Å². The first-order chi connectivity index (χ1) is 7.24. The van der Waals surface area contributed by atoms with Crippen molar-refractivity contribution in [2.45, 2.75) is 37.8 Å². The van der Waals surface area contributed by atoms with Gasteiger partial charge in [0.25, 0.3) is 0 Å². The lowest BCUT2D eigenvalue weighted by molar-refractivity contribution is 0.146. The lowest BCUT2D eigenvalue weighted by Crippen LogP contribution is -2.31. The zero-order valence-electron chi connectivity index (χ0n) is 8.53. The van der Waals surface area contributed by atoms with E-state index in [1.807, 2.05) is 6.07 Å². The molecule has 0 amide bonds. The number of hydrogen-bond donors (Lipinski definition) is 1. The minimum Gasteiger partial charge on any atom is -0.489 e. The Bertz CT molecular complexity index is 307. The Kier molecular flexibility index (Phi) is 3.44. The highest BCUT2D eigenvalue weighted by Crippen LogP contribution is 2.22. The van der Waals surface area contributed by atoms with Crippen LogP contribution in [0.4, 0.5) is 0 Å². The van der Waals surface area contributed by atoms with Crippen LogP contribution >= 0.6 is 11.6 Å². The number of nitrogens with two attached hydrogens (primary N) is 1. The first-order valence-corrected chi connectivity index (χ1v) is 5.65. The minimum absolute atomic E-state index is 0.285. The summed E-state index contributed by atoms with van der Waals surface area (Å²) in [7, 11) is 0. The molecular formula is C11H15ClN2O. The second-order valence-electron chi connectivity index (χ2n) is 3.97. The standard InChI is InChI=1S/C11H15ClN2O/c12-11-6-5-10(7-14-11)15-9-3-1-8(13)2-4-9/h5-9H,1-4,13H2. The van der Waals surface area contributed by atoms with Gasteiger partial charge in [-0.3, -0.25) is 0 Å². The molecule has 0 aromatic carbocycles. The molecular weight excluding hydrogens is 212 g/mol. The zero-order valence-corrected chi connectivity index (χ0v) is 9.28. The summed E-state index contributed by atoms with van der Waals surface area (Å²) >= 11 is 5.69. The molecule has 1 fully saturated rings. The lowest BCUT2D eigenvalue weighted by Gasteiger charge is -2.26. The molecule has 0 radical (unpaired) electrons. The molecule has 0 unspecified atom stereocenters. The molecule has 1 heterocycles. The predicted molar refractivity (Wildman–Crippen MR) is 60.1 cm³/mol. The van der Waals surface area contributed by atoms with Crippen LogP contribution in [0.25, 0.3) is 0 Å². The van der Waals surface area contributed by atoms with Crippen LogP contribution in [-0.4, -0.2) is 17.1 Å².